The molecule has 5 aliphatic rings. The average molecular weight is 554 g/mol. The van der Waals surface area contributed by atoms with Gasteiger partial charge in [-0.3, -0.25) is 14.3 Å². The summed E-state index contributed by atoms with van der Waals surface area (Å²) in [5.74, 6) is 4.67. The molecule has 1 aromatic rings. The summed E-state index contributed by atoms with van der Waals surface area (Å²) in [5, 5.41) is 18.2. The number of aliphatic hydroxyl groups is 1. The van der Waals surface area contributed by atoms with Crippen molar-refractivity contribution in [1.82, 2.24) is 24.8 Å². The summed E-state index contributed by atoms with van der Waals surface area (Å²) in [5.41, 5.74) is 1.21. The Morgan fingerprint density at radius 1 is 0.975 bits per heavy atom. The van der Waals surface area contributed by atoms with Gasteiger partial charge in [-0.25, -0.2) is 0 Å². The molecule has 40 heavy (non-hydrogen) atoms. The minimum absolute atomic E-state index is 0.0709. The Labute approximate surface area is 240 Å². The van der Waals surface area contributed by atoms with Crippen molar-refractivity contribution in [2.75, 3.05) is 26.2 Å². The largest absolute Gasteiger partial charge is 0.393 e. The monoisotopic (exact) mass is 553 g/mol. The Kier molecular flexibility index (Phi) is 7.54. The molecule has 4 saturated carbocycles. The first-order valence-corrected chi connectivity index (χ1v) is 16.2. The zero-order valence-electron chi connectivity index (χ0n) is 25.2. The Morgan fingerprint density at radius 3 is 2.40 bits per heavy atom. The number of aliphatic hydroxyl groups excluding tert-OH is 1. The summed E-state index contributed by atoms with van der Waals surface area (Å²) in [6.07, 6.45) is 14.5. The van der Waals surface area contributed by atoms with Crippen LogP contribution in [0.4, 0.5) is 0 Å². The Morgan fingerprint density at radius 2 is 1.68 bits per heavy atom. The molecule has 222 valence electrons. The van der Waals surface area contributed by atoms with Crippen LogP contribution in [0.25, 0.3) is 0 Å². The van der Waals surface area contributed by atoms with Gasteiger partial charge in [-0.15, -0.1) is 5.10 Å². The fourth-order valence-electron chi connectivity index (χ4n) is 10.7. The van der Waals surface area contributed by atoms with E-state index in [4.69, 9.17) is 0 Å². The summed E-state index contributed by atoms with van der Waals surface area (Å²) in [6, 6.07) is 0. The predicted molar refractivity (Wildman–Crippen MR) is 153 cm³/mol. The first-order valence-electron chi connectivity index (χ1n) is 16.2. The molecule has 0 bridgehead atoms. The summed E-state index contributed by atoms with van der Waals surface area (Å²) < 4.78 is 1.54. The van der Waals surface area contributed by atoms with Crippen molar-refractivity contribution in [3.8, 4) is 0 Å². The maximum absolute atomic E-state index is 13.2. The molecule has 0 aromatic carbocycles. The summed E-state index contributed by atoms with van der Waals surface area (Å²) >= 11 is 0. The number of aryl methyl sites for hydroxylation is 1. The van der Waals surface area contributed by atoms with E-state index in [0.29, 0.717) is 61.0 Å². The first-order chi connectivity index (χ1) is 19.1. The van der Waals surface area contributed by atoms with Gasteiger partial charge in [0.1, 0.15) is 0 Å². The predicted octanol–water partition coefficient (Wildman–Crippen LogP) is 4.54. The minimum atomic E-state index is -0.101. The molecule has 5 fully saturated rings. The minimum Gasteiger partial charge on any atom is -0.393 e. The molecule has 6 rings (SSSR count). The number of piperazine rings is 1. The number of amides is 2. The van der Waals surface area contributed by atoms with Crippen molar-refractivity contribution in [2.24, 2.45) is 53.4 Å². The second-order valence-corrected chi connectivity index (χ2v) is 14.8. The van der Waals surface area contributed by atoms with E-state index < -0.39 is 0 Å². The molecule has 0 spiro atoms. The molecule has 1 aliphatic heterocycles. The normalized spacial score (nSPS) is 40.2. The van der Waals surface area contributed by atoms with Gasteiger partial charge < -0.3 is 14.9 Å². The molecule has 8 unspecified atom stereocenters. The number of carbonyl (C=O) groups is 2. The van der Waals surface area contributed by atoms with Crippen LogP contribution in [0.15, 0.2) is 6.20 Å². The van der Waals surface area contributed by atoms with Crippen molar-refractivity contribution >= 4 is 11.8 Å². The molecule has 1 saturated heterocycles. The van der Waals surface area contributed by atoms with E-state index in [9.17, 15) is 14.7 Å². The molecule has 8 nitrogen and oxygen atoms in total. The number of hydrogen-bond acceptors (Lipinski definition) is 5. The van der Waals surface area contributed by atoms with E-state index >= 15 is 0 Å². The van der Waals surface area contributed by atoms with Gasteiger partial charge in [0, 0.05) is 39.6 Å². The fraction of sp³-hybridized carbons (Fsp3) is 0.875. The van der Waals surface area contributed by atoms with Gasteiger partial charge in [-0.2, -0.15) is 0 Å². The third-order valence-corrected chi connectivity index (χ3v) is 13.0. The second kappa shape index (κ2) is 10.7. The van der Waals surface area contributed by atoms with Crippen LogP contribution in [-0.2, 0) is 11.8 Å². The van der Waals surface area contributed by atoms with Crippen LogP contribution in [0.2, 0.25) is 0 Å². The molecular formula is C32H51N5O3. The highest BCUT2D eigenvalue weighted by Gasteiger charge is 2.60. The van der Waals surface area contributed by atoms with Crippen LogP contribution >= 0.6 is 0 Å². The van der Waals surface area contributed by atoms with Gasteiger partial charge in [-0.1, -0.05) is 26.0 Å². The van der Waals surface area contributed by atoms with Gasteiger partial charge in [0.15, 0.2) is 5.69 Å². The summed E-state index contributed by atoms with van der Waals surface area (Å²) in [7, 11) is 1.76. The van der Waals surface area contributed by atoms with Crippen LogP contribution in [-0.4, -0.2) is 74.0 Å². The number of aromatic nitrogens is 3. The van der Waals surface area contributed by atoms with Gasteiger partial charge in [0.25, 0.3) is 5.91 Å². The van der Waals surface area contributed by atoms with Crippen molar-refractivity contribution in [3.63, 3.8) is 0 Å². The van der Waals surface area contributed by atoms with Gasteiger partial charge in [0.2, 0.25) is 5.91 Å². The third-order valence-electron chi connectivity index (χ3n) is 13.0. The van der Waals surface area contributed by atoms with Crippen molar-refractivity contribution in [1.29, 1.82) is 0 Å². The smallest absolute Gasteiger partial charge is 0.276 e. The van der Waals surface area contributed by atoms with Crippen molar-refractivity contribution < 1.29 is 14.7 Å². The van der Waals surface area contributed by atoms with E-state index in [0.717, 1.165) is 42.9 Å². The number of hydrogen-bond donors (Lipinski definition) is 1. The topological polar surface area (TPSA) is 91.6 Å². The molecule has 4 aliphatic carbocycles. The lowest BCUT2D eigenvalue weighted by Gasteiger charge is -2.61. The first kappa shape index (κ1) is 28.2. The molecule has 2 amide bonds. The van der Waals surface area contributed by atoms with Crippen LogP contribution in [0.3, 0.4) is 0 Å². The van der Waals surface area contributed by atoms with Crippen molar-refractivity contribution in [2.45, 2.75) is 97.5 Å². The van der Waals surface area contributed by atoms with E-state index in [-0.39, 0.29) is 17.9 Å². The van der Waals surface area contributed by atoms with Crippen molar-refractivity contribution in [3.05, 3.63) is 11.9 Å². The highest BCUT2D eigenvalue weighted by Crippen LogP contribution is 2.68. The highest BCUT2D eigenvalue weighted by molar-refractivity contribution is 5.92. The standard InChI is InChI=1S/C32H51N5O3/c1-21(5-10-29(39)36-15-17-37(18-16-36)30(40)28-20-35(4)34-33-28)25-8-9-26-24-7-6-22-19-23(38)11-13-31(22,2)27(24)12-14-32(25,26)3/h20-27,38H,5-19H2,1-4H3/t21-,22?,23?,24?,25?,26?,27?,31?,32?/m1/s1. The third kappa shape index (κ3) is 4.80. The average Bonchev–Trinajstić information content (AvgIpc) is 3.54. The van der Waals surface area contributed by atoms with E-state index in [1.165, 1.54) is 44.9 Å². The molecule has 9 atom stereocenters. The molecule has 1 N–H and O–H groups in total. The molecular weight excluding hydrogens is 502 g/mol. The number of rotatable bonds is 5. The number of carbonyl (C=O) groups excluding carboxylic acids is 2. The zero-order chi connectivity index (χ0) is 28.2. The second-order valence-electron chi connectivity index (χ2n) is 14.8. The van der Waals surface area contributed by atoms with Gasteiger partial charge in [0.05, 0.1) is 12.3 Å². The Bertz CT molecular complexity index is 1100. The maximum atomic E-state index is 13.2. The Hall–Kier alpha value is -1.96. The Balaban J connectivity index is 1.01. The van der Waals surface area contributed by atoms with E-state index in [1.807, 2.05) is 4.90 Å². The fourth-order valence-corrected chi connectivity index (χ4v) is 10.7. The van der Waals surface area contributed by atoms with Gasteiger partial charge in [-0.05, 0) is 111 Å². The molecule has 1 aromatic heterocycles. The number of fused-ring (bicyclic) bond motifs is 5. The molecule has 0 radical (unpaired) electrons. The lowest BCUT2D eigenvalue weighted by atomic mass is 9.44. The van der Waals surface area contributed by atoms with Crippen LogP contribution in [0.1, 0.15) is 102 Å². The lowest BCUT2D eigenvalue weighted by molar-refractivity contribution is -0.134. The van der Waals surface area contributed by atoms with Crippen LogP contribution in [0.5, 0.6) is 0 Å². The summed E-state index contributed by atoms with van der Waals surface area (Å²) in [6.45, 7) is 9.91. The molecule has 8 heteroatoms. The molecule has 2 heterocycles. The van der Waals surface area contributed by atoms with E-state index in [1.54, 1.807) is 22.8 Å². The van der Waals surface area contributed by atoms with Crippen LogP contribution < -0.4 is 0 Å². The lowest BCUT2D eigenvalue weighted by Crippen LogP contribution is -2.54. The van der Waals surface area contributed by atoms with Gasteiger partial charge >= 0.3 is 0 Å². The maximum Gasteiger partial charge on any atom is 0.276 e. The van der Waals surface area contributed by atoms with E-state index in [2.05, 4.69) is 31.1 Å². The number of nitrogens with zero attached hydrogens (tertiary/aromatic N) is 5. The highest BCUT2D eigenvalue weighted by atomic mass is 16.3. The zero-order valence-corrected chi connectivity index (χ0v) is 25.2. The quantitative estimate of drug-likeness (QED) is 0.578. The SMILES string of the molecule is C[C@H](CCC(=O)N1CCN(C(=O)c2cn(C)nn2)CC1)C1CCC2C3CCC4CC(O)CCC4(C)C3CCC21C. The van der Waals surface area contributed by atoms with Crippen LogP contribution in [0, 0.1) is 46.3 Å². The summed E-state index contributed by atoms with van der Waals surface area (Å²) in [4.78, 5) is 29.6.